The number of hydrogen-bond donors (Lipinski definition) is 3. The van der Waals surface area contributed by atoms with Crippen LogP contribution < -0.4 is 5.32 Å². The summed E-state index contributed by atoms with van der Waals surface area (Å²) in [5.41, 5.74) is 4.41. The third-order valence-corrected chi connectivity index (χ3v) is 5.13. The third kappa shape index (κ3) is 3.98. The van der Waals surface area contributed by atoms with Gasteiger partial charge in [0.05, 0.1) is 6.54 Å². The normalized spacial score (nSPS) is 11.1. The zero-order valence-corrected chi connectivity index (χ0v) is 15.6. The maximum absolute atomic E-state index is 12.2. The Morgan fingerprint density at radius 3 is 1.89 bits per heavy atom. The molecule has 0 spiro atoms. The van der Waals surface area contributed by atoms with Gasteiger partial charge in [-0.2, -0.15) is 0 Å². The van der Waals surface area contributed by atoms with Crippen molar-refractivity contribution in [3.8, 4) is 0 Å². The van der Waals surface area contributed by atoms with Crippen molar-refractivity contribution in [1.82, 2.24) is 15.3 Å². The van der Waals surface area contributed by atoms with Crippen LogP contribution in [-0.4, -0.2) is 28.2 Å². The lowest BCUT2D eigenvalue weighted by Crippen LogP contribution is -2.29. The van der Waals surface area contributed by atoms with E-state index in [4.69, 9.17) is 0 Å². The highest BCUT2D eigenvalue weighted by Crippen LogP contribution is 2.20. The van der Waals surface area contributed by atoms with Gasteiger partial charge in [0.25, 0.3) is 0 Å². The molecule has 2 heterocycles. The maximum Gasteiger partial charge on any atom is 0.220 e. The summed E-state index contributed by atoms with van der Waals surface area (Å²) in [6, 6.07) is 16.1. The molecule has 0 aliphatic heterocycles. The predicted molar refractivity (Wildman–Crippen MR) is 111 cm³/mol. The molecule has 0 aliphatic rings. The molecule has 0 saturated heterocycles. The number of fused-ring (bicyclic) bond motifs is 2. The van der Waals surface area contributed by atoms with Crippen molar-refractivity contribution in [2.24, 2.45) is 0 Å². The standard InChI is InChI=1S/C23H23N3O2/c27-18(11-9-16-13-24-21-7-3-1-5-19(16)21)15-26-23(28)12-10-17-14-25-22-8-4-2-6-20(17)22/h1-8,13-14,24-25H,9-12,15H2,(H,26,28). The van der Waals surface area contributed by atoms with Crippen LogP contribution in [0.1, 0.15) is 24.0 Å². The number of Topliss-reactive ketones (excluding diaryl/α,β-unsaturated/α-hetero) is 1. The Bertz CT molecular complexity index is 1030. The average molecular weight is 373 g/mol. The van der Waals surface area contributed by atoms with Crippen LogP contribution in [0.4, 0.5) is 0 Å². The van der Waals surface area contributed by atoms with Crippen molar-refractivity contribution in [3.05, 3.63) is 72.1 Å². The SMILES string of the molecule is O=C(CCc1c[nH]c2ccccc12)CNC(=O)CCc1c[nH]c2ccccc12. The minimum absolute atomic E-state index is 0.0470. The topological polar surface area (TPSA) is 77.8 Å². The maximum atomic E-state index is 12.2. The molecule has 0 unspecified atom stereocenters. The Morgan fingerprint density at radius 2 is 1.29 bits per heavy atom. The van der Waals surface area contributed by atoms with Crippen molar-refractivity contribution in [1.29, 1.82) is 0 Å². The highest BCUT2D eigenvalue weighted by atomic mass is 16.2. The lowest BCUT2D eigenvalue weighted by atomic mass is 10.1. The molecular weight excluding hydrogens is 350 g/mol. The zero-order valence-electron chi connectivity index (χ0n) is 15.6. The molecule has 0 aliphatic carbocycles. The molecule has 4 rings (SSSR count). The number of rotatable bonds is 8. The van der Waals surface area contributed by atoms with Crippen LogP contribution in [0, 0.1) is 0 Å². The van der Waals surface area contributed by atoms with E-state index in [0.717, 1.165) is 32.9 Å². The van der Waals surface area contributed by atoms with Crippen LogP contribution in [0.25, 0.3) is 21.8 Å². The van der Waals surface area contributed by atoms with Crippen molar-refractivity contribution >= 4 is 33.5 Å². The number of H-pyrrole nitrogens is 2. The first-order valence-electron chi connectivity index (χ1n) is 9.59. The van der Waals surface area contributed by atoms with Gasteiger partial charge in [0.15, 0.2) is 5.78 Å². The number of carbonyl (C=O) groups is 2. The quantitative estimate of drug-likeness (QED) is 0.438. The predicted octanol–water partition coefficient (Wildman–Crippen LogP) is 3.90. The van der Waals surface area contributed by atoms with Gasteiger partial charge in [-0.25, -0.2) is 0 Å². The van der Waals surface area contributed by atoms with E-state index < -0.39 is 0 Å². The summed E-state index contributed by atoms with van der Waals surface area (Å²) in [7, 11) is 0. The fraction of sp³-hybridized carbons (Fsp3) is 0.217. The molecule has 0 atom stereocenters. The van der Waals surface area contributed by atoms with Crippen LogP contribution in [-0.2, 0) is 22.4 Å². The molecule has 0 fully saturated rings. The van der Waals surface area contributed by atoms with E-state index in [0.29, 0.717) is 25.7 Å². The molecule has 0 radical (unpaired) electrons. The summed E-state index contributed by atoms with van der Waals surface area (Å²) in [6.45, 7) is 0.0923. The summed E-state index contributed by atoms with van der Waals surface area (Å²) in [6.07, 6.45) is 6.03. The van der Waals surface area contributed by atoms with Crippen LogP contribution >= 0.6 is 0 Å². The first-order valence-corrected chi connectivity index (χ1v) is 9.59. The van der Waals surface area contributed by atoms with Gasteiger partial charge in [-0.3, -0.25) is 9.59 Å². The largest absolute Gasteiger partial charge is 0.361 e. The molecule has 142 valence electrons. The molecule has 5 nitrogen and oxygen atoms in total. The summed E-state index contributed by atoms with van der Waals surface area (Å²) < 4.78 is 0. The highest BCUT2D eigenvalue weighted by molar-refractivity contribution is 5.88. The number of nitrogens with one attached hydrogen (secondary N) is 3. The lowest BCUT2D eigenvalue weighted by Gasteiger charge is -2.05. The number of para-hydroxylation sites is 2. The average Bonchev–Trinajstić information content (AvgIpc) is 3.33. The smallest absolute Gasteiger partial charge is 0.220 e. The fourth-order valence-electron chi connectivity index (χ4n) is 3.57. The number of hydrogen-bond acceptors (Lipinski definition) is 2. The van der Waals surface area contributed by atoms with E-state index in [-0.39, 0.29) is 18.2 Å². The number of benzene rings is 2. The lowest BCUT2D eigenvalue weighted by molar-refractivity contribution is -0.125. The van der Waals surface area contributed by atoms with E-state index in [1.54, 1.807) is 0 Å². The van der Waals surface area contributed by atoms with Gasteiger partial charge < -0.3 is 15.3 Å². The van der Waals surface area contributed by atoms with Crippen LogP contribution in [0.15, 0.2) is 60.9 Å². The Hall–Kier alpha value is -3.34. The Balaban J connectivity index is 1.22. The number of aryl methyl sites for hydroxylation is 2. The first kappa shape index (κ1) is 18.0. The zero-order chi connectivity index (χ0) is 19.3. The van der Waals surface area contributed by atoms with E-state index in [1.807, 2.05) is 54.9 Å². The minimum Gasteiger partial charge on any atom is -0.361 e. The summed E-state index contributed by atoms with van der Waals surface area (Å²) in [5, 5.41) is 5.05. The van der Waals surface area contributed by atoms with Gasteiger partial charge in [-0.05, 0) is 36.1 Å². The summed E-state index contributed by atoms with van der Waals surface area (Å²) in [5.74, 6) is -0.0450. The van der Waals surface area contributed by atoms with Crippen molar-refractivity contribution in [3.63, 3.8) is 0 Å². The molecule has 0 saturated carbocycles. The monoisotopic (exact) mass is 373 g/mol. The van der Waals surface area contributed by atoms with Gasteiger partial charge in [-0.1, -0.05) is 36.4 Å². The van der Waals surface area contributed by atoms with Crippen LogP contribution in [0.5, 0.6) is 0 Å². The fourth-order valence-corrected chi connectivity index (χ4v) is 3.57. The molecular formula is C23H23N3O2. The van der Waals surface area contributed by atoms with Crippen molar-refractivity contribution in [2.45, 2.75) is 25.7 Å². The Labute approximate surface area is 163 Å². The van der Waals surface area contributed by atoms with Crippen molar-refractivity contribution < 1.29 is 9.59 Å². The number of aromatic nitrogens is 2. The highest BCUT2D eigenvalue weighted by Gasteiger charge is 2.10. The minimum atomic E-state index is -0.0919. The van der Waals surface area contributed by atoms with Crippen LogP contribution in [0.3, 0.4) is 0 Å². The second-order valence-electron chi connectivity index (χ2n) is 7.03. The van der Waals surface area contributed by atoms with Crippen LogP contribution in [0.2, 0.25) is 0 Å². The van der Waals surface area contributed by atoms with E-state index in [1.165, 1.54) is 0 Å². The number of carbonyl (C=O) groups excluding carboxylic acids is 2. The molecule has 28 heavy (non-hydrogen) atoms. The van der Waals surface area contributed by atoms with E-state index in [9.17, 15) is 9.59 Å². The number of ketones is 1. The van der Waals surface area contributed by atoms with E-state index >= 15 is 0 Å². The Kier molecular flexibility index (Phi) is 5.24. The molecule has 0 bridgehead atoms. The third-order valence-electron chi connectivity index (χ3n) is 5.13. The summed E-state index contributed by atoms with van der Waals surface area (Å²) in [4.78, 5) is 30.7. The molecule has 1 amide bonds. The second kappa shape index (κ2) is 8.13. The van der Waals surface area contributed by atoms with E-state index in [2.05, 4.69) is 21.4 Å². The number of amides is 1. The molecule has 5 heteroatoms. The van der Waals surface area contributed by atoms with Crippen molar-refractivity contribution in [2.75, 3.05) is 6.54 Å². The Morgan fingerprint density at radius 1 is 0.750 bits per heavy atom. The first-order chi connectivity index (χ1) is 13.7. The molecule has 3 N–H and O–H groups in total. The molecule has 2 aromatic heterocycles. The van der Waals surface area contributed by atoms with Gasteiger partial charge in [-0.15, -0.1) is 0 Å². The molecule has 2 aromatic carbocycles. The van der Waals surface area contributed by atoms with Gasteiger partial charge in [0.2, 0.25) is 5.91 Å². The van der Waals surface area contributed by atoms with Gasteiger partial charge in [0.1, 0.15) is 0 Å². The van der Waals surface area contributed by atoms with Gasteiger partial charge in [0, 0.05) is 47.0 Å². The number of aromatic amines is 2. The summed E-state index contributed by atoms with van der Waals surface area (Å²) >= 11 is 0. The van der Waals surface area contributed by atoms with Gasteiger partial charge >= 0.3 is 0 Å². The molecule has 4 aromatic rings. The second-order valence-corrected chi connectivity index (χ2v) is 7.03.